The molecule has 0 aliphatic heterocycles. The highest BCUT2D eigenvalue weighted by Crippen LogP contribution is 2.33. The summed E-state index contributed by atoms with van der Waals surface area (Å²) in [7, 11) is 0. The summed E-state index contributed by atoms with van der Waals surface area (Å²) in [6, 6.07) is 5.93. The second-order valence-corrected chi connectivity index (χ2v) is 5.10. The molecule has 0 saturated heterocycles. The molecule has 2 N–H and O–H groups in total. The number of hydrogen-bond acceptors (Lipinski definition) is 4. The average Bonchev–Trinajstić information content (AvgIpc) is 2.91. The van der Waals surface area contributed by atoms with Crippen molar-refractivity contribution >= 4 is 0 Å². The highest BCUT2D eigenvalue weighted by molar-refractivity contribution is 5.40. The number of rotatable bonds is 3. The molecule has 4 heteroatoms. The van der Waals surface area contributed by atoms with Crippen LogP contribution in [0.15, 0.2) is 22.6 Å². The largest absolute Gasteiger partial charge is 0.508 e. The van der Waals surface area contributed by atoms with Gasteiger partial charge in [0.2, 0.25) is 5.89 Å². The molecule has 0 amide bonds. The van der Waals surface area contributed by atoms with Crippen molar-refractivity contribution in [3.05, 3.63) is 46.7 Å². The fraction of sp³-hybridized carbons (Fsp3) is 0.400. The maximum atomic E-state index is 9.48. The molecule has 1 aromatic carbocycles. The van der Waals surface area contributed by atoms with Gasteiger partial charge < -0.3 is 14.8 Å². The van der Waals surface area contributed by atoms with Crippen molar-refractivity contribution in [2.45, 2.75) is 39.3 Å². The van der Waals surface area contributed by atoms with Crippen molar-refractivity contribution in [1.29, 1.82) is 0 Å². The van der Waals surface area contributed by atoms with Crippen LogP contribution in [0.25, 0.3) is 0 Å². The van der Waals surface area contributed by atoms with Gasteiger partial charge in [0.05, 0.1) is 12.2 Å². The number of aromatic hydroxyl groups is 1. The number of aromatic nitrogens is 1. The van der Waals surface area contributed by atoms with Crippen molar-refractivity contribution in [1.82, 2.24) is 10.3 Å². The summed E-state index contributed by atoms with van der Waals surface area (Å²) >= 11 is 0. The normalized spacial score (nSPS) is 17.7. The third-order valence-corrected chi connectivity index (χ3v) is 3.78. The number of phenolic OH excluding ortho intramolecular Hbond substituents is 1. The first kappa shape index (κ1) is 12.2. The second kappa shape index (κ2) is 4.70. The minimum atomic E-state index is 0.322. The van der Waals surface area contributed by atoms with Crippen LogP contribution in [0, 0.1) is 13.8 Å². The molecular weight excluding hydrogens is 240 g/mol. The summed E-state index contributed by atoms with van der Waals surface area (Å²) in [6.07, 6.45) is 2.06. The average molecular weight is 258 g/mol. The summed E-state index contributed by atoms with van der Waals surface area (Å²) in [4.78, 5) is 4.37. The minimum Gasteiger partial charge on any atom is -0.508 e. The molecule has 100 valence electrons. The Balaban J connectivity index is 1.70. The van der Waals surface area contributed by atoms with E-state index in [4.69, 9.17) is 4.42 Å². The van der Waals surface area contributed by atoms with Crippen LogP contribution < -0.4 is 5.32 Å². The van der Waals surface area contributed by atoms with Gasteiger partial charge in [0, 0.05) is 6.04 Å². The molecule has 0 radical (unpaired) electrons. The van der Waals surface area contributed by atoms with E-state index in [1.807, 2.05) is 26.0 Å². The van der Waals surface area contributed by atoms with E-state index in [9.17, 15) is 5.11 Å². The van der Waals surface area contributed by atoms with Crippen molar-refractivity contribution in [3.8, 4) is 5.75 Å². The van der Waals surface area contributed by atoms with Crippen LogP contribution in [0.5, 0.6) is 5.75 Å². The SMILES string of the molecule is Cc1nc(CNC2CCc3cc(O)ccc32)oc1C. The first-order valence-electron chi connectivity index (χ1n) is 6.61. The molecule has 1 atom stereocenters. The lowest BCUT2D eigenvalue weighted by Crippen LogP contribution is -2.18. The van der Waals surface area contributed by atoms with Gasteiger partial charge in [-0.15, -0.1) is 0 Å². The molecule has 0 spiro atoms. The molecule has 1 aliphatic carbocycles. The van der Waals surface area contributed by atoms with Gasteiger partial charge in [0.15, 0.2) is 0 Å². The fourth-order valence-electron chi connectivity index (χ4n) is 2.64. The predicted molar refractivity (Wildman–Crippen MR) is 72.0 cm³/mol. The summed E-state index contributed by atoms with van der Waals surface area (Å²) < 4.78 is 5.57. The van der Waals surface area contributed by atoms with Gasteiger partial charge in [-0.2, -0.15) is 0 Å². The summed E-state index contributed by atoms with van der Waals surface area (Å²) in [6.45, 7) is 4.52. The van der Waals surface area contributed by atoms with Crippen LogP contribution in [0.4, 0.5) is 0 Å². The number of hydrogen-bond donors (Lipinski definition) is 2. The molecule has 2 aromatic rings. The molecule has 1 heterocycles. The lowest BCUT2D eigenvalue weighted by molar-refractivity contribution is 0.423. The van der Waals surface area contributed by atoms with E-state index in [1.165, 1.54) is 11.1 Å². The summed E-state index contributed by atoms with van der Waals surface area (Å²) in [5, 5.41) is 13.0. The lowest BCUT2D eigenvalue weighted by atomic mass is 10.1. The first-order chi connectivity index (χ1) is 9.13. The Labute approximate surface area is 112 Å². The van der Waals surface area contributed by atoms with Gasteiger partial charge in [-0.1, -0.05) is 6.07 Å². The zero-order chi connectivity index (χ0) is 13.4. The number of aryl methyl sites for hydroxylation is 3. The Hall–Kier alpha value is -1.81. The van der Waals surface area contributed by atoms with E-state index in [1.54, 1.807) is 6.07 Å². The zero-order valence-corrected chi connectivity index (χ0v) is 11.2. The Morgan fingerprint density at radius 2 is 2.26 bits per heavy atom. The highest BCUT2D eigenvalue weighted by Gasteiger charge is 2.22. The fourth-order valence-corrected chi connectivity index (χ4v) is 2.64. The Bertz CT molecular complexity index is 585. The number of fused-ring (bicyclic) bond motifs is 1. The number of benzene rings is 1. The van der Waals surface area contributed by atoms with Crippen molar-refractivity contribution < 1.29 is 9.52 Å². The Morgan fingerprint density at radius 3 is 3.00 bits per heavy atom. The minimum absolute atomic E-state index is 0.322. The Kier molecular flexibility index (Phi) is 3.03. The van der Waals surface area contributed by atoms with Crippen molar-refractivity contribution in [2.24, 2.45) is 0 Å². The van der Waals surface area contributed by atoms with Crippen LogP contribution in [0.3, 0.4) is 0 Å². The standard InChI is InChI=1S/C15H18N2O2/c1-9-10(2)19-15(17-9)8-16-14-6-3-11-7-12(18)4-5-13(11)14/h4-5,7,14,16,18H,3,6,8H2,1-2H3. The number of nitrogens with zero attached hydrogens (tertiary/aromatic N) is 1. The monoisotopic (exact) mass is 258 g/mol. The maximum Gasteiger partial charge on any atom is 0.208 e. The van der Waals surface area contributed by atoms with Crippen molar-refractivity contribution in [3.63, 3.8) is 0 Å². The Morgan fingerprint density at radius 1 is 1.42 bits per heavy atom. The molecule has 19 heavy (non-hydrogen) atoms. The van der Waals surface area contributed by atoms with Crippen LogP contribution in [0.2, 0.25) is 0 Å². The van der Waals surface area contributed by atoms with Crippen molar-refractivity contribution in [2.75, 3.05) is 0 Å². The van der Waals surface area contributed by atoms with Gasteiger partial charge >= 0.3 is 0 Å². The molecule has 1 aromatic heterocycles. The van der Waals surface area contributed by atoms with Gasteiger partial charge in [0.1, 0.15) is 11.5 Å². The second-order valence-electron chi connectivity index (χ2n) is 5.10. The van der Waals surface area contributed by atoms with Crippen LogP contribution in [-0.2, 0) is 13.0 Å². The first-order valence-corrected chi connectivity index (χ1v) is 6.61. The maximum absolute atomic E-state index is 9.48. The van der Waals surface area contributed by atoms with E-state index in [0.717, 1.165) is 30.2 Å². The van der Waals surface area contributed by atoms with E-state index >= 15 is 0 Å². The molecular formula is C15H18N2O2. The molecule has 0 fully saturated rings. The van der Waals surface area contributed by atoms with Gasteiger partial charge in [-0.25, -0.2) is 4.98 Å². The van der Waals surface area contributed by atoms with Gasteiger partial charge in [0.25, 0.3) is 0 Å². The molecule has 0 bridgehead atoms. The number of oxazole rings is 1. The quantitative estimate of drug-likeness (QED) is 0.888. The van der Waals surface area contributed by atoms with Crippen LogP contribution >= 0.6 is 0 Å². The van der Waals surface area contributed by atoms with Crippen LogP contribution in [0.1, 0.15) is 40.9 Å². The topological polar surface area (TPSA) is 58.3 Å². The zero-order valence-electron chi connectivity index (χ0n) is 11.2. The van der Waals surface area contributed by atoms with E-state index < -0.39 is 0 Å². The molecule has 3 rings (SSSR count). The predicted octanol–water partition coefficient (Wildman–Crippen LogP) is 2.77. The summed E-state index contributed by atoms with van der Waals surface area (Å²) in [5.41, 5.74) is 3.46. The van der Waals surface area contributed by atoms with E-state index in [2.05, 4.69) is 10.3 Å². The highest BCUT2D eigenvalue weighted by atomic mass is 16.4. The lowest BCUT2D eigenvalue weighted by Gasteiger charge is -2.12. The molecule has 1 aliphatic rings. The molecule has 1 unspecified atom stereocenters. The van der Waals surface area contributed by atoms with Gasteiger partial charge in [-0.05, 0) is 49.9 Å². The number of nitrogens with one attached hydrogen (secondary N) is 1. The third kappa shape index (κ3) is 2.36. The summed E-state index contributed by atoms with van der Waals surface area (Å²) in [5.74, 6) is 1.97. The van der Waals surface area contributed by atoms with Gasteiger partial charge in [-0.3, -0.25) is 0 Å². The molecule has 4 nitrogen and oxygen atoms in total. The third-order valence-electron chi connectivity index (χ3n) is 3.78. The van der Waals surface area contributed by atoms with E-state index in [-0.39, 0.29) is 0 Å². The molecule has 0 saturated carbocycles. The van der Waals surface area contributed by atoms with Crippen LogP contribution in [-0.4, -0.2) is 10.1 Å². The van der Waals surface area contributed by atoms with E-state index in [0.29, 0.717) is 18.3 Å². The smallest absolute Gasteiger partial charge is 0.208 e. The number of phenols is 1.